The molecule has 0 amide bonds. The first-order valence-electron chi connectivity index (χ1n) is 19.9. The van der Waals surface area contributed by atoms with Crippen molar-refractivity contribution in [2.24, 2.45) is 0 Å². The maximum atomic E-state index is 10.0. The maximum Gasteiger partial charge on any atom is 4.00 e. The van der Waals surface area contributed by atoms with Gasteiger partial charge in [-0.2, -0.15) is 0 Å². The van der Waals surface area contributed by atoms with Crippen LogP contribution in [0.5, 0.6) is 0 Å². The first-order chi connectivity index (χ1) is 23.1. The third-order valence-electron chi connectivity index (χ3n) is 7.94. The van der Waals surface area contributed by atoms with E-state index in [0.717, 1.165) is 51.4 Å². The summed E-state index contributed by atoms with van der Waals surface area (Å²) in [4.78, 5) is 40.1. The Hall–Kier alpha value is -1.25. The van der Waals surface area contributed by atoms with Gasteiger partial charge in [0.1, 0.15) is 0 Å². The van der Waals surface area contributed by atoms with E-state index in [4.69, 9.17) is 0 Å². The molecule has 0 aromatic heterocycles. The van der Waals surface area contributed by atoms with Gasteiger partial charge >= 0.3 is 25.8 Å². The monoisotopic (exact) mass is 865 g/mol. The molecule has 49 heavy (non-hydrogen) atoms. The minimum atomic E-state index is -0.913. The summed E-state index contributed by atoms with van der Waals surface area (Å²) < 4.78 is 0. The van der Waals surface area contributed by atoms with E-state index in [2.05, 4.69) is 27.7 Å². The second kappa shape index (κ2) is 53.5. The average molecular weight is 864 g/mol. The number of carbonyl (C=O) groups is 4. The van der Waals surface area contributed by atoms with Gasteiger partial charge in [-0.25, -0.2) is 0 Å². The molecule has 0 N–H and O–H groups in total. The Morgan fingerprint density at radius 3 is 0.510 bits per heavy atom. The first kappa shape index (κ1) is 57.1. The van der Waals surface area contributed by atoms with Crippen molar-refractivity contribution in [3.8, 4) is 0 Å². The molecular formula is C40H76HfO8. The molecular weight excluding hydrogens is 787 g/mol. The number of aliphatic carboxylic acids is 4. The molecule has 0 spiro atoms. The van der Waals surface area contributed by atoms with Gasteiger partial charge in [-0.15, -0.1) is 0 Å². The quantitative estimate of drug-likeness (QED) is 0.0497. The Morgan fingerprint density at radius 2 is 0.388 bits per heavy atom. The van der Waals surface area contributed by atoms with E-state index >= 15 is 0 Å². The van der Waals surface area contributed by atoms with E-state index in [1.54, 1.807) is 0 Å². The summed E-state index contributed by atoms with van der Waals surface area (Å²) in [5.41, 5.74) is 0. The maximum absolute atomic E-state index is 10.0. The number of carboxylic acid groups (broad SMARTS) is 4. The van der Waals surface area contributed by atoms with Crippen molar-refractivity contribution >= 4 is 23.9 Å². The smallest absolute Gasteiger partial charge is 0.550 e. The van der Waals surface area contributed by atoms with Crippen molar-refractivity contribution in [2.45, 2.75) is 233 Å². The zero-order chi connectivity index (χ0) is 36.9. The summed E-state index contributed by atoms with van der Waals surface area (Å²) in [5.74, 6) is -3.65. The number of hydrogen-bond donors (Lipinski definition) is 0. The van der Waals surface area contributed by atoms with E-state index < -0.39 is 23.9 Å². The molecule has 0 aliphatic rings. The molecule has 0 fully saturated rings. The Morgan fingerprint density at radius 1 is 0.265 bits per heavy atom. The predicted molar refractivity (Wildman–Crippen MR) is 190 cm³/mol. The fraction of sp³-hybridized carbons (Fsp3) is 0.900. The van der Waals surface area contributed by atoms with Crippen molar-refractivity contribution in [3.63, 3.8) is 0 Å². The normalized spacial score (nSPS) is 9.88. The van der Waals surface area contributed by atoms with E-state index in [9.17, 15) is 39.6 Å². The van der Waals surface area contributed by atoms with Crippen LogP contribution in [0.1, 0.15) is 233 Å². The molecule has 288 valence electrons. The fourth-order valence-corrected chi connectivity index (χ4v) is 4.91. The summed E-state index contributed by atoms with van der Waals surface area (Å²) in [6, 6.07) is 0. The number of rotatable bonds is 32. The SMILES string of the molecule is CCCCCCCCCC(=O)[O-].CCCCCCCCCC(=O)[O-].CCCCCCCCCC(=O)[O-].CCCCCCCCCC(=O)[O-].[Hf+4]. The van der Waals surface area contributed by atoms with Gasteiger partial charge in [-0.05, 0) is 51.4 Å². The standard InChI is InChI=1S/4C10H20O2.Hf/c4*1-2-3-4-5-6-7-8-9-10(11)12;/h4*2-9H2,1H3,(H,11,12);/q;;;;+4/p-4. The van der Waals surface area contributed by atoms with Gasteiger partial charge in [-0.3, -0.25) is 0 Å². The summed E-state index contributed by atoms with van der Waals surface area (Å²) in [6.07, 6.45) is 33.4. The molecule has 0 heterocycles. The average Bonchev–Trinajstić information content (AvgIpc) is 3.03. The summed E-state index contributed by atoms with van der Waals surface area (Å²) in [5, 5.41) is 40.1. The van der Waals surface area contributed by atoms with E-state index in [0.29, 0.717) is 0 Å². The van der Waals surface area contributed by atoms with Gasteiger partial charge < -0.3 is 39.6 Å². The number of hydrogen-bond acceptors (Lipinski definition) is 8. The van der Waals surface area contributed by atoms with Gasteiger partial charge in [0.2, 0.25) is 0 Å². The Kier molecular flexibility index (Phi) is 62.4. The van der Waals surface area contributed by atoms with Crippen LogP contribution >= 0.6 is 0 Å². The van der Waals surface area contributed by atoms with Crippen LogP contribution in [0.25, 0.3) is 0 Å². The van der Waals surface area contributed by atoms with Crippen molar-refractivity contribution in [2.75, 3.05) is 0 Å². The molecule has 8 nitrogen and oxygen atoms in total. The van der Waals surface area contributed by atoms with Crippen molar-refractivity contribution in [1.29, 1.82) is 0 Å². The van der Waals surface area contributed by atoms with E-state index in [1.807, 2.05) is 0 Å². The van der Waals surface area contributed by atoms with Crippen LogP contribution < -0.4 is 20.4 Å². The largest absolute Gasteiger partial charge is 4.00 e. The molecule has 0 radical (unpaired) electrons. The minimum Gasteiger partial charge on any atom is -0.550 e. The van der Waals surface area contributed by atoms with Gasteiger partial charge in [0, 0.05) is 23.9 Å². The third kappa shape index (κ3) is 77.5. The molecule has 0 aromatic carbocycles. The molecule has 0 bridgehead atoms. The molecule has 9 heteroatoms. The summed E-state index contributed by atoms with van der Waals surface area (Å²) in [6.45, 7) is 8.76. The molecule has 0 aliphatic heterocycles. The summed E-state index contributed by atoms with van der Waals surface area (Å²) >= 11 is 0. The Bertz CT molecular complexity index is 561. The second-order valence-corrected chi connectivity index (χ2v) is 13.0. The van der Waals surface area contributed by atoms with Crippen molar-refractivity contribution in [3.05, 3.63) is 0 Å². The fourth-order valence-electron chi connectivity index (χ4n) is 4.91. The second-order valence-electron chi connectivity index (χ2n) is 13.0. The molecule has 0 unspecified atom stereocenters. The van der Waals surface area contributed by atoms with Gasteiger partial charge in [0.05, 0.1) is 0 Å². The van der Waals surface area contributed by atoms with Gasteiger partial charge in [-0.1, -0.05) is 182 Å². The summed E-state index contributed by atoms with van der Waals surface area (Å²) in [7, 11) is 0. The minimum absolute atomic E-state index is 0. The van der Waals surface area contributed by atoms with Crippen LogP contribution in [-0.4, -0.2) is 23.9 Å². The zero-order valence-electron chi connectivity index (χ0n) is 32.4. The van der Waals surface area contributed by atoms with Crippen LogP contribution in [0.15, 0.2) is 0 Å². The van der Waals surface area contributed by atoms with Crippen LogP contribution in [0.3, 0.4) is 0 Å². The number of carbonyl (C=O) groups excluding carboxylic acids is 4. The topological polar surface area (TPSA) is 161 Å². The first-order valence-corrected chi connectivity index (χ1v) is 19.9. The third-order valence-corrected chi connectivity index (χ3v) is 7.94. The van der Waals surface area contributed by atoms with Gasteiger partial charge in [0.15, 0.2) is 0 Å². The van der Waals surface area contributed by atoms with Crippen molar-refractivity contribution < 1.29 is 65.4 Å². The van der Waals surface area contributed by atoms with Crippen LogP contribution in [-0.2, 0) is 45.0 Å². The Balaban J connectivity index is -0.000000174. The van der Waals surface area contributed by atoms with Crippen LogP contribution in [0, 0.1) is 0 Å². The molecule has 0 rings (SSSR count). The molecule has 0 atom stereocenters. The predicted octanol–water partition coefficient (Wildman–Crippen LogP) is 7.51. The Labute approximate surface area is 321 Å². The van der Waals surface area contributed by atoms with Crippen LogP contribution in [0.4, 0.5) is 0 Å². The van der Waals surface area contributed by atoms with Crippen LogP contribution in [0.2, 0.25) is 0 Å². The molecule has 0 aliphatic carbocycles. The molecule has 0 saturated carbocycles. The molecule has 0 saturated heterocycles. The number of unbranched alkanes of at least 4 members (excludes halogenated alkanes) is 24. The van der Waals surface area contributed by atoms with E-state index in [1.165, 1.54) is 128 Å². The number of carboxylic acids is 4. The molecule has 0 aromatic rings. The van der Waals surface area contributed by atoms with Crippen molar-refractivity contribution in [1.82, 2.24) is 0 Å². The zero-order valence-corrected chi connectivity index (χ0v) is 36.0. The van der Waals surface area contributed by atoms with E-state index in [-0.39, 0.29) is 51.5 Å². The van der Waals surface area contributed by atoms with Gasteiger partial charge in [0.25, 0.3) is 0 Å².